The van der Waals surface area contributed by atoms with Crippen molar-refractivity contribution in [3.05, 3.63) is 57.5 Å². The highest BCUT2D eigenvalue weighted by atomic mass is 32.2. The summed E-state index contributed by atoms with van der Waals surface area (Å²) in [5.41, 5.74) is 0.232. The Hall–Kier alpha value is -2.30. The fourth-order valence-electron chi connectivity index (χ4n) is 2.95. The van der Waals surface area contributed by atoms with Gasteiger partial charge in [-0.15, -0.1) is 11.3 Å². The Labute approximate surface area is 160 Å². The van der Waals surface area contributed by atoms with E-state index in [0.717, 1.165) is 11.3 Å². The molecule has 0 N–H and O–H groups in total. The molecule has 0 saturated carbocycles. The maximum atomic E-state index is 12.5. The van der Waals surface area contributed by atoms with Gasteiger partial charge in [0.05, 0.1) is 16.4 Å². The van der Waals surface area contributed by atoms with Crippen LogP contribution in [0.2, 0.25) is 0 Å². The SMILES string of the molecule is O=C(OCc1ccccc1[N+](=O)[O-])C1CCN(S(=O)(=O)c2cccs2)CC1. The summed E-state index contributed by atoms with van der Waals surface area (Å²) in [6.45, 7) is 0.306. The predicted octanol–water partition coefficient (Wildman–Crippen LogP) is 2.80. The molecule has 2 heterocycles. The fraction of sp³-hybridized carbons (Fsp3) is 0.353. The molecule has 0 amide bonds. The molecule has 8 nitrogen and oxygen atoms in total. The zero-order valence-corrected chi connectivity index (χ0v) is 15.9. The Morgan fingerprint density at radius 1 is 1.22 bits per heavy atom. The topological polar surface area (TPSA) is 107 Å². The van der Waals surface area contributed by atoms with Crippen molar-refractivity contribution in [2.75, 3.05) is 13.1 Å². The van der Waals surface area contributed by atoms with E-state index in [1.54, 1.807) is 35.7 Å². The van der Waals surface area contributed by atoms with Crippen LogP contribution in [-0.2, 0) is 26.2 Å². The summed E-state index contributed by atoms with van der Waals surface area (Å²) in [5.74, 6) is -0.871. The van der Waals surface area contributed by atoms with Crippen molar-refractivity contribution in [2.24, 2.45) is 5.92 Å². The summed E-state index contributed by atoms with van der Waals surface area (Å²) in [4.78, 5) is 22.8. The van der Waals surface area contributed by atoms with Gasteiger partial charge in [0.1, 0.15) is 10.8 Å². The lowest BCUT2D eigenvalue weighted by molar-refractivity contribution is -0.385. The number of rotatable bonds is 6. The maximum absolute atomic E-state index is 12.5. The van der Waals surface area contributed by atoms with E-state index in [2.05, 4.69) is 0 Å². The number of carbonyl (C=O) groups is 1. The van der Waals surface area contributed by atoms with Crippen LogP contribution in [0.15, 0.2) is 46.0 Å². The minimum atomic E-state index is -3.51. The van der Waals surface area contributed by atoms with E-state index >= 15 is 0 Å². The number of para-hydroxylation sites is 1. The average molecular weight is 410 g/mol. The molecule has 1 saturated heterocycles. The third-order valence-corrected chi connectivity index (χ3v) is 7.71. The fourth-order valence-corrected chi connectivity index (χ4v) is 5.56. The number of nitro benzene ring substituents is 1. The second-order valence-corrected chi connectivity index (χ2v) is 9.22. The van der Waals surface area contributed by atoms with Gasteiger partial charge in [0.15, 0.2) is 0 Å². The van der Waals surface area contributed by atoms with E-state index in [-0.39, 0.29) is 25.4 Å². The number of sulfonamides is 1. The van der Waals surface area contributed by atoms with Gasteiger partial charge in [-0.25, -0.2) is 8.42 Å². The average Bonchev–Trinajstić information content (AvgIpc) is 3.22. The van der Waals surface area contributed by atoms with Gasteiger partial charge in [0.2, 0.25) is 0 Å². The highest BCUT2D eigenvalue weighted by Crippen LogP contribution is 2.27. The van der Waals surface area contributed by atoms with Gasteiger partial charge in [-0.3, -0.25) is 14.9 Å². The third kappa shape index (κ3) is 4.34. The molecular weight excluding hydrogens is 392 g/mol. The first-order valence-corrected chi connectivity index (χ1v) is 10.6. The van der Waals surface area contributed by atoms with Crippen molar-refractivity contribution in [3.8, 4) is 0 Å². The smallest absolute Gasteiger partial charge is 0.309 e. The Morgan fingerprint density at radius 2 is 1.93 bits per heavy atom. The molecule has 1 aliphatic rings. The number of nitrogens with zero attached hydrogens (tertiary/aromatic N) is 2. The number of piperidine rings is 1. The van der Waals surface area contributed by atoms with Crippen LogP contribution in [-0.4, -0.2) is 36.7 Å². The predicted molar refractivity (Wildman–Crippen MR) is 98.7 cm³/mol. The number of thiophene rings is 1. The van der Waals surface area contributed by atoms with Gasteiger partial charge < -0.3 is 4.74 Å². The molecule has 3 rings (SSSR count). The molecule has 1 fully saturated rings. The molecule has 0 unspecified atom stereocenters. The highest BCUT2D eigenvalue weighted by molar-refractivity contribution is 7.91. The summed E-state index contributed by atoms with van der Waals surface area (Å²) < 4.78 is 31.9. The van der Waals surface area contributed by atoms with Crippen molar-refractivity contribution >= 4 is 33.0 Å². The summed E-state index contributed by atoms with van der Waals surface area (Å²) >= 11 is 1.16. The number of benzene rings is 1. The molecule has 0 radical (unpaired) electrons. The van der Waals surface area contributed by atoms with Crippen molar-refractivity contribution in [2.45, 2.75) is 23.7 Å². The maximum Gasteiger partial charge on any atom is 0.309 e. The highest BCUT2D eigenvalue weighted by Gasteiger charge is 2.33. The number of hydrogen-bond donors (Lipinski definition) is 0. The van der Waals surface area contributed by atoms with Gasteiger partial charge in [-0.05, 0) is 30.4 Å². The van der Waals surface area contributed by atoms with Crippen molar-refractivity contribution in [3.63, 3.8) is 0 Å². The van der Waals surface area contributed by atoms with Crippen LogP contribution >= 0.6 is 11.3 Å². The molecule has 10 heteroatoms. The summed E-state index contributed by atoms with van der Waals surface area (Å²) in [7, 11) is -3.51. The molecule has 1 aliphatic heterocycles. The molecule has 1 aromatic carbocycles. The Morgan fingerprint density at radius 3 is 2.56 bits per heavy atom. The lowest BCUT2D eigenvalue weighted by atomic mass is 9.98. The quantitative estimate of drug-likeness (QED) is 0.412. The monoisotopic (exact) mass is 410 g/mol. The first-order chi connectivity index (χ1) is 12.9. The molecule has 0 atom stereocenters. The van der Waals surface area contributed by atoms with Crippen molar-refractivity contribution in [1.29, 1.82) is 0 Å². The molecule has 0 spiro atoms. The van der Waals surface area contributed by atoms with Crippen molar-refractivity contribution < 1.29 is 22.9 Å². The van der Waals surface area contributed by atoms with Crippen LogP contribution in [0.25, 0.3) is 0 Å². The lowest BCUT2D eigenvalue weighted by Crippen LogP contribution is -2.40. The number of esters is 1. The van der Waals surface area contributed by atoms with Crippen LogP contribution < -0.4 is 0 Å². The van der Waals surface area contributed by atoms with Crippen LogP contribution in [0.1, 0.15) is 18.4 Å². The van der Waals surface area contributed by atoms with Crippen LogP contribution in [0.4, 0.5) is 5.69 Å². The van der Waals surface area contributed by atoms with Gasteiger partial charge in [0, 0.05) is 19.2 Å². The largest absolute Gasteiger partial charge is 0.460 e. The molecule has 0 bridgehead atoms. The Kier molecular flexibility index (Phi) is 5.88. The first kappa shape index (κ1) is 19.5. The van der Waals surface area contributed by atoms with E-state index in [4.69, 9.17) is 4.74 Å². The standard InChI is InChI=1S/C17H18N2O6S2/c20-17(25-12-14-4-1-2-5-15(14)19(21)22)13-7-9-18(10-8-13)27(23,24)16-6-3-11-26-16/h1-6,11,13H,7-10,12H2. The third-order valence-electron chi connectivity index (χ3n) is 4.43. The second-order valence-electron chi connectivity index (χ2n) is 6.10. The molecule has 144 valence electrons. The van der Waals surface area contributed by atoms with E-state index < -0.39 is 26.8 Å². The minimum Gasteiger partial charge on any atom is -0.460 e. The van der Waals surface area contributed by atoms with E-state index in [9.17, 15) is 23.3 Å². The second kappa shape index (κ2) is 8.15. The van der Waals surface area contributed by atoms with Crippen molar-refractivity contribution in [1.82, 2.24) is 4.31 Å². The van der Waals surface area contributed by atoms with E-state index in [0.29, 0.717) is 22.6 Å². The van der Waals surface area contributed by atoms with Gasteiger partial charge in [0.25, 0.3) is 15.7 Å². The molecular formula is C17H18N2O6S2. The minimum absolute atomic E-state index is 0.0952. The summed E-state index contributed by atoms with van der Waals surface area (Å²) in [5, 5.41) is 12.7. The van der Waals surface area contributed by atoms with E-state index in [1.165, 1.54) is 10.4 Å². The molecule has 27 heavy (non-hydrogen) atoms. The summed E-state index contributed by atoms with van der Waals surface area (Å²) in [6.07, 6.45) is 0.723. The lowest BCUT2D eigenvalue weighted by Gasteiger charge is -2.29. The zero-order chi connectivity index (χ0) is 19.4. The Bertz CT molecular complexity index is 919. The molecule has 1 aromatic heterocycles. The number of hydrogen-bond acceptors (Lipinski definition) is 7. The normalized spacial score (nSPS) is 16.1. The Balaban J connectivity index is 1.56. The number of nitro groups is 1. The van der Waals surface area contributed by atoms with E-state index in [1.807, 2.05) is 0 Å². The first-order valence-electron chi connectivity index (χ1n) is 8.32. The summed E-state index contributed by atoms with van der Waals surface area (Å²) in [6, 6.07) is 9.34. The van der Waals surface area contributed by atoms with Gasteiger partial charge >= 0.3 is 5.97 Å². The van der Waals surface area contributed by atoms with Gasteiger partial charge in [-0.1, -0.05) is 18.2 Å². The number of carbonyl (C=O) groups excluding carboxylic acids is 1. The molecule has 0 aliphatic carbocycles. The number of ether oxygens (including phenoxy) is 1. The van der Waals surface area contributed by atoms with Crippen LogP contribution in [0.3, 0.4) is 0 Å². The van der Waals surface area contributed by atoms with Crippen LogP contribution in [0.5, 0.6) is 0 Å². The zero-order valence-electron chi connectivity index (χ0n) is 14.3. The molecule has 2 aromatic rings. The van der Waals surface area contributed by atoms with Gasteiger partial charge in [-0.2, -0.15) is 4.31 Å². The van der Waals surface area contributed by atoms with Crippen LogP contribution in [0, 0.1) is 16.0 Å².